The van der Waals surface area contributed by atoms with E-state index in [9.17, 15) is 67.5 Å². The molecule has 0 bridgehead atoms. The molecule has 0 spiro atoms. The third kappa shape index (κ3) is 10.3. The van der Waals surface area contributed by atoms with Crippen LogP contribution in [0.5, 0.6) is 6.01 Å². The largest absolute Gasteiger partial charge is 0.479 e. The van der Waals surface area contributed by atoms with Crippen LogP contribution in [0.4, 0.5) is 34.6 Å². The van der Waals surface area contributed by atoms with Crippen LogP contribution in [0.3, 0.4) is 0 Å². The summed E-state index contributed by atoms with van der Waals surface area (Å²) >= 11 is 0. The van der Waals surface area contributed by atoms with Crippen LogP contribution in [0.15, 0.2) is 149 Å². The molecule has 388 valence electrons. The lowest BCUT2D eigenvalue weighted by Crippen LogP contribution is -2.13. The first-order valence-electron chi connectivity index (χ1n) is 20.7. The summed E-state index contributed by atoms with van der Waals surface area (Å²) in [6.45, 7) is 0. The van der Waals surface area contributed by atoms with Crippen molar-refractivity contribution in [2.45, 2.75) is 19.6 Å². The standard InChI is InChI=1S/C41H27N19O13S4/c42-17-23-19-46-57(25-11-27(74(62,63)64)15-28(12-25)75(65,66)67)37(23)53-51-33-31(21-7-3-1-4-8-21)55-59(35(33)44)39-48-40(50-41(61)49-39)60-36(45)34(32(56-60)22-9-5-2-6-10-22)52-54-38-24(18-43)20-47-58(38)26-13-29(76(68,69)70)16-30(14-26)77(71,72)73/h1-16,19-20H,44-45H2,(H,62,63,64)(H,65,66,67)(H,68,69,70)(H,71,72,73)(H,48,49,50,61). The second-order valence-corrected chi connectivity index (χ2v) is 21.1. The quantitative estimate of drug-likeness (QED) is 0.0586. The number of aromatic hydroxyl groups is 1. The molecule has 32 nitrogen and oxygen atoms in total. The molecule has 9 N–H and O–H groups in total. The van der Waals surface area contributed by atoms with Crippen molar-refractivity contribution in [3.05, 3.63) is 121 Å². The van der Waals surface area contributed by atoms with Gasteiger partial charge >= 0.3 is 6.01 Å². The van der Waals surface area contributed by atoms with Crippen molar-refractivity contribution in [1.29, 1.82) is 10.5 Å². The average molecular weight is 1120 g/mol. The van der Waals surface area contributed by atoms with Crippen molar-refractivity contribution >= 4 is 75.1 Å². The topological polar surface area (TPSA) is 497 Å². The van der Waals surface area contributed by atoms with E-state index in [4.69, 9.17) is 11.5 Å². The summed E-state index contributed by atoms with van der Waals surface area (Å²) in [6.07, 6.45) is 1.94. The van der Waals surface area contributed by atoms with Gasteiger partial charge in [0.1, 0.15) is 34.7 Å². The number of nitriles is 2. The molecule has 9 rings (SSSR count). The molecule has 0 radical (unpaired) electrons. The third-order valence-electron chi connectivity index (χ3n) is 10.5. The highest BCUT2D eigenvalue weighted by molar-refractivity contribution is 7.87. The van der Waals surface area contributed by atoms with E-state index in [1.165, 1.54) is 0 Å². The van der Waals surface area contributed by atoms with E-state index in [1.54, 1.807) is 60.7 Å². The maximum Gasteiger partial charge on any atom is 0.320 e. The molecular weight excluding hydrogens is 1090 g/mol. The number of nitrogens with zero attached hydrogens (tertiary/aromatic N) is 17. The van der Waals surface area contributed by atoms with Crippen molar-refractivity contribution in [2.75, 3.05) is 11.5 Å². The predicted octanol–water partition coefficient (Wildman–Crippen LogP) is 4.38. The Balaban J connectivity index is 1.17. The number of rotatable bonds is 14. The Kier molecular flexibility index (Phi) is 13.0. The van der Waals surface area contributed by atoms with Crippen molar-refractivity contribution in [2.24, 2.45) is 20.5 Å². The van der Waals surface area contributed by atoms with Gasteiger partial charge in [0.2, 0.25) is 0 Å². The number of nitrogens with two attached hydrogens (primary N) is 2. The number of anilines is 2. The Hall–Kier alpha value is -10.0. The van der Waals surface area contributed by atoms with Crippen LogP contribution in [0, 0.1) is 22.7 Å². The number of azo groups is 2. The van der Waals surface area contributed by atoms with Crippen LogP contribution in [0.25, 0.3) is 45.8 Å². The number of hydrogen-bond acceptors (Lipinski definition) is 24. The third-order valence-corrected chi connectivity index (χ3v) is 13.8. The summed E-state index contributed by atoms with van der Waals surface area (Å²) in [6, 6.07) is 23.0. The lowest BCUT2D eigenvalue weighted by Gasteiger charge is -2.08. The van der Waals surface area contributed by atoms with Gasteiger partial charge in [-0.2, -0.15) is 88.9 Å². The Morgan fingerprint density at radius 2 is 0.818 bits per heavy atom. The summed E-state index contributed by atoms with van der Waals surface area (Å²) in [7, 11) is -20.4. The molecule has 5 heterocycles. The summed E-state index contributed by atoms with van der Waals surface area (Å²) in [5, 5.41) is 64.9. The van der Waals surface area contributed by atoms with E-state index in [1.807, 2.05) is 12.1 Å². The number of hydrogen-bond donors (Lipinski definition) is 7. The molecule has 77 heavy (non-hydrogen) atoms. The molecule has 5 aromatic heterocycles. The molecule has 0 saturated carbocycles. The van der Waals surface area contributed by atoms with Crippen LogP contribution >= 0.6 is 0 Å². The molecule has 0 saturated heterocycles. The van der Waals surface area contributed by atoms with Gasteiger partial charge in [-0.15, -0.1) is 20.5 Å². The molecule has 0 atom stereocenters. The minimum Gasteiger partial charge on any atom is -0.479 e. The van der Waals surface area contributed by atoms with Gasteiger partial charge < -0.3 is 16.6 Å². The first kappa shape index (κ1) is 51.8. The molecule has 0 aliphatic heterocycles. The maximum absolute atomic E-state index is 12.1. The van der Waals surface area contributed by atoms with E-state index in [0.29, 0.717) is 23.3 Å². The van der Waals surface area contributed by atoms with Gasteiger partial charge in [-0.25, -0.2) is 9.36 Å². The molecule has 0 amide bonds. The van der Waals surface area contributed by atoms with E-state index in [2.05, 4.69) is 55.8 Å². The fourth-order valence-corrected chi connectivity index (χ4v) is 9.35. The Bertz CT molecular complexity index is 4140. The van der Waals surface area contributed by atoms with E-state index >= 15 is 0 Å². The monoisotopic (exact) mass is 1120 g/mol. The predicted molar refractivity (Wildman–Crippen MR) is 260 cm³/mol. The maximum atomic E-state index is 12.1. The first-order valence-corrected chi connectivity index (χ1v) is 26.4. The highest BCUT2D eigenvalue weighted by Crippen LogP contribution is 2.40. The lowest BCUT2D eigenvalue weighted by atomic mass is 10.1. The van der Waals surface area contributed by atoms with Crippen molar-refractivity contribution in [3.8, 4) is 63.9 Å². The normalized spacial score (nSPS) is 12.3. The summed E-state index contributed by atoms with van der Waals surface area (Å²) in [5.41, 5.74) is 12.0. The molecule has 4 aromatic carbocycles. The Morgan fingerprint density at radius 3 is 1.13 bits per heavy atom. The van der Waals surface area contributed by atoms with Gasteiger partial charge in [0.25, 0.3) is 52.4 Å². The molecule has 36 heteroatoms. The van der Waals surface area contributed by atoms with Crippen LogP contribution in [0.2, 0.25) is 0 Å². The van der Waals surface area contributed by atoms with Gasteiger partial charge in [-0.3, -0.25) is 18.2 Å². The van der Waals surface area contributed by atoms with Gasteiger partial charge in [0.05, 0.1) is 43.4 Å². The SMILES string of the molecule is N#Cc1cnn(-c2cc(S(=O)(=O)O)cc(S(=O)(=O)O)c2)c1N=Nc1c(-c2ccccc2)nn(-c2nc(O)nc(-n3nc(-c4ccccc4)c(N=Nc4c(C#N)cnn4-c4cc(S(=O)(=O)O)cc(S(=O)(=O)O)c4)c3N)n2)c1N. The van der Waals surface area contributed by atoms with Crippen molar-refractivity contribution in [3.63, 3.8) is 0 Å². The van der Waals surface area contributed by atoms with Crippen molar-refractivity contribution in [1.82, 2.24) is 54.1 Å². The number of benzene rings is 4. The molecule has 9 aromatic rings. The van der Waals surface area contributed by atoms with Gasteiger partial charge in [-0.05, 0) is 36.4 Å². The first-order chi connectivity index (χ1) is 36.3. The zero-order valence-electron chi connectivity index (χ0n) is 37.8. The van der Waals surface area contributed by atoms with Crippen LogP contribution in [0.1, 0.15) is 11.1 Å². The van der Waals surface area contributed by atoms with Crippen molar-refractivity contribution < 1.29 is 57.0 Å². The lowest BCUT2D eigenvalue weighted by molar-refractivity contribution is 0.423. The van der Waals surface area contributed by atoms with Crippen LogP contribution < -0.4 is 11.5 Å². The molecular formula is C41H27N19O13S4. The fourth-order valence-electron chi connectivity index (χ4n) is 7.02. The van der Waals surface area contributed by atoms with E-state index < -0.39 is 101 Å². The molecule has 0 unspecified atom stereocenters. The smallest absolute Gasteiger partial charge is 0.320 e. The Labute approximate surface area is 430 Å². The molecule has 0 aliphatic carbocycles. The Morgan fingerprint density at radius 1 is 0.481 bits per heavy atom. The average Bonchev–Trinajstić information content (AvgIpc) is 4.22. The fraction of sp³-hybridized carbons (Fsp3) is 0. The summed E-state index contributed by atoms with van der Waals surface area (Å²) < 4.78 is 139. The highest BCUT2D eigenvalue weighted by atomic mass is 32.2. The molecule has 0 aliphatic rings. The second kappa shape index (κ2) is 19.3. The minimum atomic E-state index is -5.09. The van der Waals surface area contributed by atoms with E-state index in [0.717, 1.165) is 55.4 Å². The second-order valence-electron chi connectivity index (χ2n) is 15.4. The van der Waals surface area contributed by atoms with E-state index in [-0.39, 0.29) is 45.5 Å². The highest BCUT2D eigenvalue weighted by Gasteiger charge is 2.28. The number of aromatic nitrogens is 11. The molecule has 0 fully saturated rings. The minimum absolute atomic E-state index is 0.0255. The summed E-state index contributed by atoms with van der Waals surface area (Å²) in [4.78, 5) is 8.47. The van der Waals surface area contributed by atoms with Gasteiger partial charge in [0.15, 0.2) is 34.6 Å². The van der Waals surface area contributed by atoms with Crippen LogP contribution in [-0.2, 0) is 40.5 Å². The van der Waals surface area contributed by atoms with Crippen LogP contribution in [-0.4, -0.2) is 111 Å². The summed E-state index contributed by atoms with van der Waals surface area (Å²) in [5.74, 6) is -2.70. The van der Waals surface area contributed by atoms with Gasteiger partial charge in [-0.1, -0.05) is 60.7 Å². The van der Waals surface area contributed by atoms with Gasteiger partial charge in [0, 0.05) is 11.1 Å². The number of nitrogen functional groups attached to an aromatic ring is 2. The zero-order valence-corrected chi connectivity index (χ0v) is 41.1. The zero-order chi connectivity index (χ0) is 55.4.